The molecule has 0 bridgehead atoms. The summed E-state index contributed by atoms with van der Waals surface area (Å²) >= 11 is 0. The van der Waals surface area contributed by atoms with Crippen LogP contribution in [0.2, 0.25) is 0 Å². The summed E-state index contributed by atoms with van der Waals surface area (Å²) in [4.78, 5) is 2.61. The number of nitrogens with zero attached hydrogens (tertiary/aromatic N) is 1. The SMILES string of the molecule is CC1CC(CN)(N(C)C2CCCC2)C1. The zero-order chi connectivity index (χ0) is 10.2. The Balaban J connectivity index is 1.97. The number of hydrogen-bond donors (Lipinski definition) is 1. The quantitative estimate of drug-likeness (QED) is 0.748. The van der Waals surface area contributed by atoms with Gasteiger partial charge in [0.2, 0.25) is 0 Å². The zero-order valence-corrected chi connectivity index (χ0v) is 9.63. The van der Waals surface area contributed by atoms with Crippen LogP contribution in [0.5, 0.6) is 0 Å². The standard InChI is InChI=1S/C12H24N2/c1-10-7-12(8-10,9-13)14(2)11-5-3-4-6-11/h10-11H,3-9,13H2,1-2H3. The molecule has 0 unspecified atom stereocenters. The van der Waals surface area contributed by atoms with Crippen LogP contribution in [0.1, 0.15) is 45.4 Å². The first-order valence-corrected chi connectivity index (χ1v) is 6.11. The summed E-state index contributed by atoms with van der Waals surface area (Å²) in [7, 11) is 2.30. The Labute approximate surface area is 87.8 Å². The maximum Gasteiger partial charge on any atom is 0.0336 e. The number of hydrogen-bond acceptors (Lipinski definition) is 2. The van der Waals surface area contributed by atoms with Gasteiger partial charge in [-0.25, -0.2) is 0 Å². The van der Waals surface area contributed by atoms with Gasteiger partial charge in [0, 0.05) is 18.1 Å². The molecule has 0 aliphatic heterocycles. The molecule has 0 aromatic carbocycles. The van der Waals surface area contributed by atoms with Crippen molar-refractivity contribution in [3.63, 3.8) is 0 Å². The minimum atomic E-state index is 0.369. The third-order valence-electron chi connectivity index (χ3n) is 4.46. The van der Waals surface area contributed by atoms with Crippen molar-refractivity contribution in [2.75, 3.05) is 13.6 Å². The molecule has 82 valence electrons. The molecule has 0 radical (unpaired) electrons. The summed E-state index contributed by atoms with van der Waals surface area (Å²) in [6.07, 6.45) is 8.27. The zero-order valence-electron chi connectivity index (χ0n) is 9.63. The number of nitrogens with two attached hydrogens (primary N) is 1. The fourth-order valence-corrected chi connectivity index (χ4v) is 3.51. The Bertz CT molecular complexity index is 190. The van der Waals surface area contributed by atoms with Crippen LogP contribution in [0.3, 0.4) is 0 Å². The molecule has 0 saturated heterocycles. The number of rotatable bonds is 3. The van der Waals surface area contributed by atoms with Gasteiger partial charge in [-0.2, -0.15) is 0 Å². The third-order valence-corrected chi connectivity index (χ3v) is 4.46. The van der Waals surface area contributed by atoms with Crippen LogP contribution in [0.25, 0.3) is 0 Å². The van der Waals surface area contributed by atoms with Crippen molar-refractivity contribution >= 4 is 0 Å². The normalized spacial score (nSPS) is 39.0. The van der Waals surface area contributed by atoms with Gasteiger partial charge in [0.05, 0.1) is 0 Å². The average Bonchev–Trinajstić information content (AvgIpc) is 2.64. The van der Waals surface area contributed by atoms with Crippen LogP contribution < -0.4 is 5.73 Å². The molecule has 2 heteroatoms. The van der Waals surface area contributed by atoms with Crippen LogP contribution in [-0.4, -0.2) is 30.1 Å². The molecule has 0 aromatic heterocycles. The van der Waals surface area contributed by atoms with Gasteiger partial charge in [-0.15, -0.1) is 0 Å². The summed E-state index contributed by atoms with van der Waals surface area (Å²) in [5, 5.41) is 0. The molecule has 0 amide bonds. The van der Waals surface area contributed by atoms with Crippen molar-refractivity contribution in [1.29, 1.82) is 0 Å². The second-order valence-electron chi connectivity index (χ2n) is 5.49. The summed E-state index contributed by atoms with van der Waals surface area (Å²) in [5.74, 6) is 0.891. The molecular weight excluding hydrogens is 172 g/mol. The number of likely N-dealkylation sites (N-methyl/N-ethyl adjacent to an activating group) is 1. The van der Waals surface area contributed by atoms with Crippen molar-refractivity contribution in [3.8, 4) is 0 Å². The molecule has 2 N–H and O–H groups in total. The Kier molecular flexibility index (Phi) is 2.85. The van der Waals surface area contributed by atoms with Crippen molar-refractivity contribution in [1.82, 2.24) is 4.90 Å². The first-order valence-electron chi connectivity index (χ1n) is 6.11. The molecule has 2 nitrogen and oxygen atoms in total. The smallest absolute Gasteiger partial charge is 0.0336 e. The van der Waals surface area contributed by atoms with Crippen LogP contribution in [0, 0.1) is 5.92 Å². The highest BCUT2D eigenvalue weighted by Crippen LogP contribution is 2.43. The Morgan fingerprint density at radius 2 is 1.86 bits per heavy atom. The van der Waals surface area contributed by atoms with E-state index in [-0.39, 0.29) is 0 Å². The monoisotopic (exact) mass is 196 g/mol. The minimum Gasteiger partial charge on any atom is -0.329 e. The topological polar surface area (TPSA) is 29.3 Å². The average molecular weight is 196 g/mol. The predicted molar refractivity (Wildman–Crippen MR) is 60.2 cm³/mol. The molecule has 2 aliphatic carbocycles. The lowest BCUT2D eigenvalue weighted by molar-refractivity contribution is -0.0206. The van der Waals surface area contributed by atoms with Crippen molar-refractivity contribution < 1.29 is 0 Å². The Morgan fingerprint density at radius 3 is 2.29 bits per heavy atom. The van der Waals surface area contributed by atoms with Gasteiger partial charge in [-0.05, 0) is 38.6 Å². The highest BCUT2D eigenvalue weighted by atomic mass is 15.2. The van der Waals surface area contributed by atoms with Gasteiger partial charge in [-0.3, -0.25) is 4.90 Å². The predicted octanol–water partition coefficient (Wildman–Crippen LogP) is 1.99. The van der Waals surface area contributed by atoms with Crippen molar-refractivity contribution in [3.05, 3.63) is 0 Å². The van der Waals surface area contributed by atoms with E-state index in [9.17, 15) is 0 Å². The molecule has 0 aromatic rings. The van der Waals surface area contributed by atoms with Gasteiger partial charge in [0.15, 0.2) is 0 Å². The van der Waals surface area contributed by atoms with Crippen LogP contribution >= 0.6 is 0 Å². The van der Waals surface area contributed by atoms with Gasteiger partial charge < -0.3 is 5.73 Å². The second-order valence-corrected chi connectivity index (χ2v) is 5.49. The maximum atomic E-state index is 5.96. The van der Waals surface area contributed by atoms with Gasteiger partial charge in [0.1, 0.15) is 0 Å². The van der Waals surface area contributed by atoms with Crippen LogP contribution in [0.15, 0.2) is 0 Å². The molecule has 0 heterocycles. The highest BCUT2D eigenvalue weighted by Gasteiger charge is 2.46. The van der Waals surface area contributed by atoms with E-state index < -0.39 is 0 Å². The van der Waals surface area contributed by atoms with E-state index in [1.807, 2.05) is 0 Å². The van der Waals surface area contributed by atoms with Gasteiger partial charge in [-0.1, -0.05) is 19.8 Å². The molecule has 0 atom stereocenters. The summed E-state index contributed by atoms with van der Waals surface area (Å²) in [5.41, 5.74) is 6.33. The fraction of sp³-hybridized carbons (Fsp3) is 1.00. The maximum absolute atomic E-state index is 5.96. The van der Waals surface area contributed by atoms with Crippen LogP contribution in [-0.2, 0) is 0 Å². The molecule has 14 heavy (non-hydrogen) atoms. The van der Waals surface area contributed by atoms with E-state index in [0.717, 1.165) is 18.5 Å². The summed E-state index contributed by atoms with van der Waals surface area (Å²) in [6.45, 7) is 3.20. The van der Waals surface area contributed by atoms with Crippen LogP contribution in [0.4, 0.5) is 0 Å². The molecular formula is C12H24N2. The van der Waals surface area contributed by atoms with E-state index >= 15 is 0 Å². The second kappa shape index (κ2) is 3.82. The lowest BCUT2D eigenvalue weighted by Crippen LogP contribution is -2.62. The van der Waals surface area contributed by atoms with E-state index in [4.69, 9.17) is 5.73 Å². The summed E-state index contributed by atoms with van der Waals surface area (Å²) < 4.78 is 0. The Morgan fingerprint density at radius 1 is 1.29 bits per heavy atom. The highest BCUT2D eigenvalue weighted by molar-refractivity contribution is 5.03. The summed E-state index contributed by atoms with van der Waals surface area (Å²) in [6, 6.07) is 0.825. The van der Waals surface area contributed by atoms with E-state index in [1.54, 1.807) is 0 Å². The van der Waals surface area contributed by atoms with Gasteiger partial charge in [0.25, 0.3) is 0 Å². The minimum absolute atomic E-state index is 0.369. The van der Waals surface area contributed by atoms with Gasteiger partial charge >= 0.3 is 0 Å². The molecule has 2 aliphatic rings. The molecule has 2 rings (SSSR count). The van der Waals surface area contributed by atoms with Crippen molar-refractivity contribution in [2.24, 2.45) is 11.7 Å². The third kappa shape index (κ3) is 1.59. The van der Waals surface area contributed by atoms with Crippen molar-refractivity contribution in [2.45, 2.75) is 57.0 Å². The lowest BCUT2D eigenvalue weighted by Gasteiger charge is -2.54. The van der Waals surface area contributed by atoms with E-state index in [2.05, 4.69) is 18.9 Å². The first kappa shape index (κ1) is 10.4. The largest absolute Gasteiger partial charge is 0.329 e. The fourth-order valence-electron chi connectivity index (χ4n) is 3.51. The lowest BCUT2D eigenvalue weighted by atomic mass is 9.67. The first-order chi connectivity index (χ1) is 6.68. The molecule has 0 spiro atoms. The Hall–Kier alpha value is -0.0800. The molecule has 2 fully saturated rings. The molecule has 2 saturated carbocycles. The van der Waals surface area contributed by atoms with E-state index in [1.165, 1.54) is 38.5 Å². The van der Waals surface area contributed by atoms with E-state index in [0.29, 0.717) is 5.54 Å².